The lowest BCUT2D eigenvalue weighted by atomic mass is 10.1. The van der Waals surface area contributed by atoms with Crippen LogP contribution in [-0.2, 0) is 14.4 Å². The average molecular weight is 413 g/mol. The van der Waals surface area contributed by atoms with Gasteiger partial charge in [0, 0.05) is 13.5 Å². The Balaban J connectivity index is 0. The van der Waals surface area contributed by atoms with Crippen molar-refractivity contribution in [2.24, 2.45) is 4.99 Å². The number of halogens is 1. The van der Waals surface area contributed by atoms with E-state index in [1.54, 1.807) is 18.7 Å². The lowest BCUT2D eigenvalue weighted by Gasteiger charge is -2.20. The molecule has 0 spiro atoms. The van der Waals surface area contributed by atoms with Crippen molar-refractivity contribution in [1.29, 1.82) is 0 Å². The highest BCUT2D eigenvalue weighted by Gasteiger charge is 2.25. The molecule has 0 aromatic rings. The molecule has 0 aromatic carbocycles. The van der Waals surface area contributed by atoms with Crippen LogP contribution in [0, 0.1) is 0 Å². The molecule has 11 heteroatoms. The number of nitrogens with zero attached hydrogens (tertiary/aromatic N) is 1. The standard InChI is InChI=1S/C15H28N4O5S.ClH/c1-10(19-24)16-8-5-4-6-13(15(22)23)18-14(21)12(7-9-25-3)17-11(2)20;/h12-13,24H,4-9H2,1-3H3,(H,16,19)(H,17,20)(H,18,21)(H,22,23);1H/t12-,13-;/m0./s1. The zero-order valence-corrected chi connectivity index (χ0v) is 16.9. The van der Waals surface area contributed by atoms with Crippen LogP contribution in [0.3, 0.4) is 0 Å². The van der Waals surface area contributed by atoms with Gasteiger partial charge >= 0.3 is 5.97 Å². The Hall–Kier alpha value is -1.52. The first-order chi connectivity index (χ1) is 11.8. The molecule has 0 saturated heterocycles. The lowest BCUT2D eigenvalue weighted by molar-refractivity contribution is -0.142. The van der Waals surface area contributed by atoms with Crippen LogP contribution < -0.4 is 16.1 Å². The number of hydrogen-bond donors (Lipinski definition) is 5. The van der Waals surface area contributed by atoms with Crippen molar-refractivity contribution in [2.75, 3.05) is 18.6 Å². The first-order valence-corrected chi connectivity index (χ1v) is 9.41. The number of unbranched alkanes of at least 4 members (excludes halogenated alkanes) is 1. The molecule has 0 bridgehead atoms. The van der Waals surface area contributed by atoms with E-state index < -0.39 is 24.0 Å². The maximum absolute atomic E-state index is 12.3. The zero-order valence-electron chi connectivity index (χ0n) is 15.3. The van der Waals surface area contributed by atoms with Gasteiger partial charge in [0.15, 0.2) is 0 Å². The van der Waals surface area contributed by atoms with E-state index in [2.05, 4.69) is 15.6 Å². The molecule has 0 unspecified atom stereocenters. The predicted octanol–water partition coefficient (Wildman–Crippen LogP) is 0.803. The highest BCUT2D eigenvalue weighted by Crippen LogP contribution is 2.05. The number of amides is 2. The first kappa shape index (κ1) is 26.7. The van der Waals surface area contributed by atoms with Crippen LogP contribution in [0.4, 0.5) is 0 Å². The fourth-order valence-electron chi connectivity index (χ4n) is 2.02. The fourth-order valence-corrected chi connectivity index (χ4v) is 2.49. The number of hydroxylamine groups is 1. The monoisotopic (exact) mass is 412 g/mol. The lowest BCUT2D eigenvalue weighted by Crippen LogP contribution is -2.51. The normalized spacial score (nSPS) is 13.2. The third kappa shape index (κ3) is 12.8. The highest BCUT2D eigenvalue weighted by atomic mass is 35.5. The summed E-state index contributed by atoms with van der Waals surface area (Å²) in [6.07, 6.45) is 3.76. The Bertz CT molecular complexity index is 479. The largest absolute Gasteiger partial charge is 0.480 e. The molecular weight excluding hydrogens is 384 g/mol. The number of aliphatic carboxylic acids is 1. The van der Waals surface area contributed by atoms with Gasteiger partial charge in [0.05, 0.1) is 0 Å². The zero-order chi connectivity index (χ0) is 19.2. The van der Waals surface area contributed by atoms with Crippen LogP contribution in [0.25, 0.3) is 0 Å². The fraction of sp³-hybridized carbons (Fsp3) is 0.733. The van der Waals surface area contributed by atoms with Crippen molar-refractivity contribution in [3.05, 3.63) is 0 Å². The van der Waals surface area contributed by atoms with Crippen molar-refractivity contribution < 1.29 is 24.7 Å². The molecule has 26 heavy (non-hydrogen) atoms. The Morgan fingerprint density at radius 2 is 1.73 bits per heavy atom. The number of thioether (sulfide) groups is 1. The van der Waals surface area contributed by atoms with Gasteiger partial charge in [-0.05, 0) is 44.6 Å². The number of hydrogen-bond acceptors (Lipinski definition) is 6. The first-order valence-electron chi connectivity index (χ1n) is 8.02. The molecule has 2 atom stereocenters. The minimum atomic E-state index is -1.11. The van der Waals surface area contributed by atoms with Crippen LogP contribution in [0.5, 0.6) is 0 Å². The van der Waals surface area contributed by atoms with Crippen molar-refractivity contribution in [3.8, 4) is 0 Å². The van der Waals surface area contributed by atoms with Gasteiger partial charge in [-0.3, -0.25) is 25.3 Å². The van der Waals surface area contributed by atoms with E-state index in [0.29, 0.717) is 37.4 Å². The number of rotatable bonds is 12. The Morgan fingerprint density at radius 1 is 1.08 bits per heavy atom. The number of carboxylic acid groups (broad SMARTS) is 1. The minimum absolute atomic E-state index is 0. The van der Waals surface area contributed by atoms with E-state index in [0.717, 1.165) is 0 Å². The summed E-state index contributed by atoms with van der Waals surface area (Å²) in [5, 5.41) is 22.9. The second kappa shape index (κ2) is 15.7. The third-order valence-corrected chi connectivity index (χ3v) is 3.97. The SMILES string of the molecule is CSCC[C@H](NC(C)=O)C(=O)N[C@@H](CCCCN=C(C)NO)C(=O)O.Cl. The van der Waals surface area contributed by atoms with Gasteiger partial charge in [0.1, 0.15) is 17.9 Å². The molecule has 5 N–H and O–H groups in total. The van der Waals surface area contributed by atoms with Crippen molar-refractivity contribution in [3.63, 3.8) is 0 Å². The van der Waals surface area contributed by atoms with Gasteiger partial charge < -0.3 is 15.7 Å². The van der Waals surface area contributed by atoms with Crippen molar-refractivity contribution >= 4 is 47.8 Å². The van der Waals surface area contributed by atoms with Gasteiger partial charge in [-0.25, -0.2) is 4.79 Å². The second-order valence-electron chi connectivity index (χ2n) is 5.51. The summed E-state index contributed by atoms with van der Waals surface area (Å²) in [5.41, 5.74) is 1.92. The molecule has 0 aliphatic heterocycles. The second-order valence-corrected chi connectivity index (χ2v) is 6.49. The van der Waals surface area contributed by atoms with E-state index in [1.165, 1.54) is 6.92 Å². The average Bonchev–Trinajstić information content (AvgIpc) is 2.56. The maximum atomic E-state index is 12.3. The van der Waals surface area contributed by atoms with Crippen LogP contribution >= 0.6 is 24.2 Å². The van der Waals surface area contributed by atoms with Crippen LogP contribution in [0.2, 0.25) is 0 Å². The number of amidine groups is 1. The Labute approximate surface area is 164 Å². The molecule has 152 valence electrons. The van der Waals surface area contributed by atoms with Gasteiger partial charge in [-0.2, -0.15) is 11.8 Å². The quantitative estimate of drug-likeness (QED) is 0.138. The summed E-state index contributed by atoms with van der Waals surface area (Å²) < 4.78 is 0. The minimum Gasteiger partial charge on any atom is -0.480 e. The summed E-state index contributed by atoms with van der Waals surface area (Å²) in [6, 6.07) is -1.76. The molecule has 0 heterocycles. The smallest absolute Gasteiger partial charge is 0.326 e. The molecule has 0 aliphatic carbocycles. The third-order valence-electron chi connectivity index (χ3n) is 3.33. The van der Waals surface area contributed by atoms with E-state index >= 15 is 0 Å². The van der Waals surface area contributed by atoms with Crippen molar-refractivity contribution in [2.45, 2.75) is 51.6 Å². The molecule has 0 aliphatic rings. The Morgan fingerprint density at radius 3 is 2.23 bits per heavy atom. The summed E-state index contributed by atoms with van der Waals surface area (Å²) in [4.78, 5) is 38.8. The number of carbonyl (C=O) groups is 3. The molecule has 0 rings (SSSR count). The molecule has 0 aromatic heterocycles. The van der Waals surface area contributed by atoms with Gasteiger partial charge in [0.2, 0.25) is 11.8 Å². The number of carbonyl (C=O) groups excluding carboxylic acids is 2. The number of carboxylic acids is 1. The summed E-state index contributed by atoms with van der Waals surface area (Å²) in [7, 11) is 0. The van der Waals surface area contributed by atoms with Crippen LogP contribution in [0.1, 0.15) is 39.5 Å². The van der Waals surface area contributed by atoms with Gasteiger partial charge in [0.25, 0.3) is 0 Å². The number of nitrogens with one attached hydrogen (secondary N) is 3. The summed E-state index contributed by atoms with van der Waals surface area (Å²) >= 11 is 1.54. The van der Waals surface area contributed by atoms with Crippen LogP contribution in [-0.4, -0.2) is 64.6 Å². The van der Waals surface area contributed by atoms with Gasteiger partial charge in [-0.1, -0.05) is 0 Å². The molecule has 9 nitrogen and oxygen atoms in total. The number of aliphatic imine (C=N–C) groups is 1. The van der Waals surface area contributed by atoms with E-state index in [9.17, 15) is 19.5 Å². The molecule has 2 amide bonds. The highest BCUT2D eigenvalue weighted by molar-refractivity contribution is 7.98. The topological polar surface area (TPSA) is 140 Å². The molecule has 0 saturated carbocycles. The van der Waals surface area contributed by atoms with E-state index in [1.807, 2.05) is 11.7 Å². The van der Waals surface area contributed by atoms with Crippen molar-refractivity contribution in [1.82, 2.24) is 16.1 Å². The van der Waals surface area contributed by atoms with Crippen LogP contribution in [0.15, 0.2) is 4.99 Å². The predicted molar refractivity (Wildman–Crippen MR) is 104 cm³/mol. The Kier molecular flexibility index (Phi) is 16.1. The molecule has 0 radical (unpaired) electrons. The van der Waals surface area contributed by atoms with E-state index in [-0.39, 0.29) is 24.7 Å². The molecule has 0 fully saturated rings. The summed E-state index contributed by atoms with van der Waals surface area (Å²) in [5.74, 6) is -0.882. The summed E-state index contributed by atoms with van der Waals surface area (Å²) in [6.45, 7) is 3.37. The van der Waals surface area contributed by atoms with Gasteiger partial charge in [-0.15, -0.1) is 12.4 Å². The van der Waals surface area contributed by atoms with E-state index in [4.69, 9.17) is 5.21 Å². The molecular formula is C15H29ClN4O5S. The maximum Gasteiger partial charge on any atom is 0.326 e.